The molecule has 0 aliphatic heterocycles. The second-order valence-corrected chi connectivity index (χ2v) is 2.38. The number of furan rings is 1. The van der Waals surface area contributed by atoms with Crippen LogP contribution in [-0.4, -0.2) is 12.4 Å². The van der Waals surface area contributed by atoms with E-state index in [2.05, 4.69) is 10.4 Å². The van der Waals surface area contributed by atoms with Gasteiger partial charge in [-0.1, -0.05) is 0 Å². The van der Waals surface area contributed by atoms with E-state index in [1.807, 2.05) is 26.0 Å². The largest absolute Gasteiger partial charge is 0.458 e. The van der Waals surface area contributed by atoms with Crippen LogP contribution in [0.5, 0.6) is 0 Å². The molecule has 0 unspecified atom stereocenters. The number of nitrogens with one attached hydrogen (secondary N) is 1. The standard InChI is InChI=1S/C8H13N3O/c1-3-10-8(11-9)7-5-4-6(2)12-7/h4-5H,3,9H2,1-2H3,(H,10,11). The molecule has 0 aromatic carbocycles. The van der Waals surface area contributed by atoms with Gasteiger partial charge in [-0.05, 0) is 26.0 Å². The molecule has 0 fully saturated rings. The summed E-state index contributed by atoms with van der Waals surface area (Å²) in [5.74, 6) is 7.38. The number of hydrazine groups is 1. The maximum atomic E-state index is 5.32. The van der Waals surface area contributed by atoms with Gasteiger partial charge in [-0.2, -0.15) is 0 Å². The first kappa shape index (κ1) is 8.80. The lowest BCUT2D eigenvalue weighted by Crippen LogP contribution is -2.30. The molecule has 0 radical (unpaired) electrons. The maximum Gasteiger partial charge on any atom is 0.179 e. The zero-order valence-electron chi connectivity index (χ0n) is 7.29. The van der Waals surface area contributed by atoms with Crippen LogP contribution >= 0.6 is 0 Å². The fourth-order valence-electron chi connectivity index (χ4n) is 0.915. The second kappa shape index (κ2) is 3.92. The van der Waals surface area contributed by atoms with Crippen molar-refractivity contribution in [2.45, 2.75) is 13.8 Å². The van der Waals surface area contributed by atoms with Crippen LogP contribution in [0.1, 0.15) is 18.4 Å². The molecular formula is C8H13N3O. The summed E-state index contributed by atoms with van der Waals surface area (Å²) in [4.78, 5) is 4.11. The number of nitrogens with two attached hydrogens (primary N) is 1. The molecule has 0 aliphatic rings. The topological polar surface area (TPSA) is 63.5 Å². The minimum atomic E-state index is 0.589. The van der Waals surface area contributed by atoms with Gasteiger partial charge in [0.1, 0.15) is 5.76 Å². The Labute approximate surface area is 71.4 Å². The summed E-state index contributed by atoms with van der Waals surface area (Å²) in [5.41, 5.74) is 2.49. The van der Waals surface area contributed by atoms with Crippen molar-refractivity contribution >= 4 is 5.84 Å². The zero-order valence-corrected chi connectivity index (χ0v) is 7.29. The average Bonchev–Trinajstić information content (AvgIpc) is 2.47. The van der Waals surface area contributed by atoms with Gasteiger partial charge in [-0.25, -0.2) is 5.84 Å². The summed E-state index contributed by atoms with van der Waals surface area (Å²) < 4.78 is 5.32. The highest BCUT2D eigenvalue weighted by molar-refractivity contribution is 5.95. The van der Waals surface area contributed by atoms with Crippen molar-refractivity contribution in [3.8, 4) is 0 Å². The van der Waals surface area contributed by atoms with E-state index < -0.39 is 0 Å². The molecule has 0 spiro atoms. The maximum absolute atomic E-state index is 5.32. The Morgan fingerprint density at radius 2 is 2.42 bits per heavy atom. The number of amidine groups is 1. The molecule has 12 heavy (non-hydrogen) atoms. The SMILES string of the molecule is CCN=C(NN)c1ccc(C)o1. The van der Waals surface area contributed by atoms with E-state index >= 15 is 0 Å². The predicted molar refractivity (Wildman–Crippen MR) is 47.8 cm³/mol. The van der Waals surface area contributed by atoms with Gasteiger partial charge in [0.25, 0.3) is 0 Å². The van der Waals surface area contributed by atoms with E-state index in [1.54, 1.807) is 0 Å². The second-order valence-electron chi connectivity index (χ2n) is 2.38. The van der Waals surface area contributed by atoms with Crippen LogP contribution in [-0.2, 0) is 0 Å². The van der Waals surface area contributed by atoms with E-state index in [0.29, 0.717) is 18.1 Å². The first-order chi connectivity index (χ1) is 5.77. The van der Waals surface area contributed by atoms with Gasteiger partial charge < -0.3 is 9.84 Å². The third-order valence-corrected chi connectivity index (χ3v) is 1.43. The Kier molecular flexibility index (Phi) is 2.88. The van der Waals surface area contributed by atoms with Crippen LogP contribution in [0, 0.1) is 6.92 Å². The van der Waals surface area contributed by atoms with Crippen molar-refractivity contribution in [1.29, 1.82) is 0 Å². The van der Waals surface area contributed by atoms with Crippen molar-refractivity contribution in [2.24, 2.45) is 10.8 Å². The summed E-state index contributed by atoms with van der Waals surface area (Å²) in [5, 5.41) is 0. The van der Waals surface area contributed by atoms with E-state index in [0.717, 1.165) is 5.76 Å². The van der Waals surface area contributed by atoms with Gasteiger partial charge in [-0.15, -0.1) is 0 Å². The third-order valence-electron chi connectivity index (χ3n) is 1.43. The number of aliphatic imine (C=N–C) groups is 1. The monoisotopic (exact) mass is 167 g/mol. The molecule has 1 heterocycles. The van der Waals surface area contributed by atoms with Crippen molar-refractivity contribution in [1.82, 2.24) is 5.43 Å². The molecule has 0 amide bonds. The quantitative estimate of drug-likeness (QED) is 0.296. The Balaban J connectivity index is 2.87. The average molecular weight is 167 g/mol. The first-order valence-corrected chi connectivity index (χ1v) is 3.85. The Morgan fingerprint density at radius 3 is 2.83 bits per heavy atom. The normalized spacial score (nSPS) is 11.8. The molecule has 3 N–H and O–H groups in total. The third kappa shape index (κ3) is 1.85. The zero-order chi connectivity index (χ0) is 8.97. The lowest BCUT2D eigenvalue weighted by atomic mass is 10.4. The lowest BCUT2D eigenvalue weighted by Gasteiger charge is -1.99. The van der Waals surface area contributed by atoms with Crippen molar-refractivity contribution < 1.29 is 4.42 Å². The first-order valence-electron chi connectivity index (χ1n) is 3.85. The van der Waals surface area contributed by atoms with Gasteiger partial charge in [-0.3, -0.25) is 4.99 Å². The van der Waals surface area contributed by atoms with Gasteiger partial charge in [0.2, 0.25) is 0 Å². The van der Waals surface area contributed by atoms with Crippen molar-refractivity contribution in [3.05, 3.63) is 23.7 Å². The molecule has 0 saturated heterocycles. The minimum absolute atomic E-state index is 0.589. The molecule has 4 heteroatoms. The van der Waals surface area contributed by atoms with Crippen molar-refractivity contribution in [2.75, 3.05) is 6.54 Å². The molecule has 66 valence electrons. The Hall–Kier alpha value is -1.29. The van der Waals surface area contributed by atoms with E-state index in [9.17, 15) is 0 Å². The Morgan fingerprint density at radius 1 is 1.67 bits per heavy atom. The number of hydrogen-bond donors (Lipinski definition) is 2. The summed E-state index contributed by atoms with van der Waals surface area (Å²) in [6, 6.07) is 3.71. The van der Waals surface area contributed by atoms with Crippen LogP contribution < -0.4 is 11.3 Å². The number of aryl methyl sites for hydroxylation is 1. The summed E-state index contributed by atoms with van der Waals surface area (Å²) >= 11 is 0. The highest BCUT2D eigenvalue weighted by Gasteiger charge is 2.04. The molecule has 0 aliphatic carbocycles. The number of hydrogen-bond acceptors (Lipinski definition) is 3. The fourth-order valence-corrected chi connectivity index (χ4v) is 0.915. The fraction of sp³-hybridized carbons (Fsp3) is 0.375. The van der Waals surface area contributed by atoms with E-state index in [4.69, 9.17) is 10.3 Å². The summed E-state index contributed by atoms with van der Waals surface area (Å²) in [6.07, 6.45) is 0. The van der Waals surface area contributed by atoms with Crippen LogP contribution in [0.3, 0.4) is 0 Å². The smallest absolute Gasteiger partial charge is 0.179 e. The molecule has 1 rings (SSSR count). The summed E-state index contributed by atoms with van der Waals surface area (Å²) in [7, 11) is 0. The van der Waals surface area contributed by atoms with Crippen molar-refractivity contribution in [3.63, 3.8) is 0 Å². The molecule has 0 atom stereocenters. The van der Waals surface area contributed by atoms with Gasteiger partial charge in [0, 0.05) is 6.54 Å². The molecule has 0 saturated carbocycles. The predicted octanol–water partition coefficient (Wildman–Crippen LogP) is 0.818. The van der Waals surface area contributed by atoms with Crippen LogP contribution in [0.15, 0.2) is 21.5 Å². The highest BCUT2D eigenvalue weighted by atomic mass is 16.3. The molecular weight excluding hydrogens is 154 g/mol. The summed E-state index contributed by atoms with van der Waals surface area (Å²) in [6.45, 7) is 4.50. The van der Waals surface area contributed by atoms with Crippen LogP contribution in [0.25, 0.3) is 0 Å². The number of rotatable bonds is 2. The van der Waals surface area contributed by atoms with Gasteiger partial charge in [0.05, 0.1) is 0 Å². The van der Waals surface area contributed by atoms with E-state index in [1.165, 1.54) is 0 Å². The highest BCUT2D eigenvalue weighted by Crippen LogP contribution is 2.05. The van der Waals surface area contributed by atoms with Gasteiger partial charge in [0.15, 0.2) is 11.6 Å². The van der Waals surface area contributed by atoms with Crippen LogP contribution in [0.4, 0.5) is 0 Å². The molecule has 4 nitrogen and oxygen atoms in total. The van der Waals surface area contributed by atoms with E-state index in [-0.39, 0.29) is 0 Å². The molecule has 0 bridgehead atoms. The lowest BCUT2D eigenvalue weighted by molar-refractivity contribution is 0.522. The van der Waals surface area contributed by atoms with Gasteiger partial charge >= 0.3 is 0 Å². The molecule has 1 aromatic rings. The minimum Gasteiger partial charge on any atom is -0.458 e. The Bertz CT molecular complexity index is 278. The molecule has 1 aromatic heterocycles. The van der Waals surface area contributed by atoms with Crippen LogP contribution in [0.2, 0.25) is 0 Å². The number of nitrogens with zero attached hydrogens (tertiary/aromatic N) is 1.